The van der Waals surface area contributed by atoms with E-state index in [1.165, 1.54) is 12.0 Å². The fraction of sp³-hybridized carbons (Fsp3) is 0.600. The first-order valence-electron chi connectivity index (χ1n) is 6.88. The van der Waals surface area contributed by atoms with Crippen LogP contribution in [0.2, 0.25) is 0 Å². The van der Waals surface area contributed by atoms with Crippen molar-refractivity contribution in [3.05, 3.63) is 29.8 Å². The second kappa shape index (κ2) is 6.76. The van der Waals surface area contributed by atoms with Gasteiger partial charge in [0.2, 0.25) is 0 Å². The van der Waals surface area contributed by atoms with Gasteiger partial charge in [-0.25, -0.2) is 0 Å². The number of aliphatic hydroxyl groups is 1. The molecule has 1 fully saturated rings. The SMILES string of the molecule is CNCc1cccc(OC2CCCCCC2O)c1. The van der Waals surface area contributed by atoms with Crippen molar-refractivity contribution in [1.82, 2.24) is 5.32 Å². The summed E-state index contributed by atoms with van der Waals surface area (Å²) < 4.78 is 5.96. The third-order valence-corrected chi connectivity index (χ3v) is 3.48. The minimum absolute atomic E-state index is 0.0441. The van der Waals surface area contributed by atoms with Crippen LogP contribution < -0.4 is 10.1 Å². The maximum absolute atomic E-state index is 10.0. The van der Waals surface area contributed by atoms with Gasteiger partial charge in [0.1, 0.15) is 11.9 Å². The Morgan fingerprint density at radius 3 is 2.94 bits per heavy atom. The summed E-state index contributed by atoms with van der Waals surface area (Å²) in [6.45, 7) is 0.838. The molecular weight excluding hydrogens is 226 g/mol. The highest BCUT2D eigenvalue weighted by Crippen LogP contribution is 2.23. The lowest BCUT2D eigenvalue weighted by molar-refractivity contribution is 0.0319. The largest absolute Gasteiger partial charge is 0.488 e. The molecule has 3 heteroatoms. The fourth-order valence-corrected chi connectivity index (χ4v) is 2.50. The van der Waals surface area contributed by atoms with Crippen molar-refractivity contribution in [2.24, 2.45) is 0 Å². The van der Waals surface area contributed by atoms with E-state index in [9.17, 15) is 5.11 Å². The van der Waals surface area contributed by atoms with Gasteiger partial charge in [-0.15, -0.1) is 0 Å². The monoisotopic (exact) mass is 249 g/mol. The molecule has 2 N–H and O–H groups in total. The van der Waals surface area contributed by atoms with Gasteiger partial charge in [0, 0.05) is 6.54 Å². The zero-order chi connectivity index (χ0) is 12.8. The quantitative estimate of drug-likeness (QED) is 0.806. The third-order valence-electron chi connectivity index (χ3n) is 3.48. The summed E-state index contributed by atoms with van der Waals surface area (Å²) in [7, 11) is 1.93. The van der Waals surface area contributed by atoms with Gasteiger partial charge in [0.15, 0.2) is 0 Å². The molecule has 0 radical (unpaired) electrons. The summed E-state index contributed by atoms with van der Waals surface area (Å²) in [6.07, 6.45) is 4.92. The van der Waals surface area contributed by atoms with E-state index in [0.29, 0.717) is 0 Å². The zero-order valence-corrected chi connectivity index (χ0v) is 11.1. The first-order valence-corrected chi connectivity index (χ1v) is 6.88. The van der Waals surface area contributed by atoms with Crippen molar-refractivity contribution < 1.29 is 9.84 Å². The molecule has 0 saturated heterocycles. The number of hydrogen-bond acceptors (Lipinski definition) is 3. The molecule has 100 valence electrons. The molecule has 1 aliphatic carbocycles. The van der Waals surface area contributed by atoms with Crippen molar-refractivity contribution in [3.8, 4) is 5.75 Å². The molecular formula is C15H23NO2. The van der Waals surface area contributed by atoms with Gasteiger partial charge in [0.05, 0.1) is 6.10 Å². The van der Waals surface area contributed by atoms with Gasteiger partial charge >= 0.3 is 0 Å². The minimum Gasteiger partial charge on any atom is -0.488 e. The van der Waals surface area contributed by atoms with Crippen molar-refractivity contribution in [1.29, 1.82) is 0 Å². The van der Waals surface area contributed by atoms with E-state index in [4.69, 9.17) is 4.74 Å². The van der Waals surface area contributed by atoms with E-state index in [1.54, 1.807) is 0 Å². The van der Waals surface area contributed by atoms with E-state index in [0.717, 1.165) is 38.0 Å². The van der Waals surface area contributed by atoms with Crippen LogP contribution in [0.5, 0.6) is 5.75 Å². The average Bonchev–Trinajstić information content (AvgIpc) is 2.56. The van der Waals surface area contributed by atoms with E-state index < -0.39 is 0 Å². The van der Waals surface area contributed by atoms with Gasteiger partial charge in [0.25, 0.3) is 0 Å². The first-order chi connectivity index (χ1) is 8.79. The number of aliphatic hydroxyl groups excluding tert-OH is 1. The standard InChI is InChI=1S/C15H23NO2/c1-16-11-12-6-5-7-13(10-12)18-15-9-4-2-3-8-14(15)17/h5-7,10,14-17H,2-4,8-9,11H2,1H3. The van der Waals surface area contributed by atoms with Crippen LogP contribution in [0.15, 0.2) is 24.3 Å². The van der Waals surface area contributed by atoms with Gasteiger partial charge in [-0.3, -0.25) is 0 Å². The summed E-state index contributed by atoms with van der Waals surface area (Å²) in [4.78, 5) is 0. The Labute approximate surface area is 109 Å². The molecule has 2 atom stereocenters. The van der Waals surface area contributed by atoms with Crippen LogP contribution in [0.1, 0.15) is 37.7 Å². The summed E-state index contributed by atoms with van der Waals surface area (Å²) in [5, 5.41) is 13.2. The molecule has 0 aromatic heterocycles. The molecule has 0 bridgehead atoms. The predicted octanol–water partition coefficient (Wildman–Crippen LogP) is 2.48. The van der Waals surface area contributed by atoms with Crippen LogP contribution in [0.25, 0.3) is 0 Å². The second-order valence-corrected chi connectivity index (χ2v) is 5.04. The molecule has 3 nitrogen and oxygen atoms in total. The summed E-state index contributed by atoms with van der Waals surface area (Å²) in [6, 6.07) is 8.10. The summed E-state index contributed by atoms with van der Waals surface area (Å²) >= 11 is 0. The van der Waals surface area contributed by atoms with Crippen molar-refractivity contribution in [2.45, 2.75) is 50.9 Å². The highest BCUT2D eigenvalue weighted by atomic mass is 16.5. The Balaban J connectivity index is 2.00. The number of nitrogens with one attached hydrogen (secondary N) is 1. The zero-order valence-electron chi connectivity index (χ0n) is 11.1. The predicted molar refractivity (Wildman–Crippen MR) is 72.7 cm³/mol. The molecule has 1 aliphatic rings. The molecule has 2 rings (SSSR count). The average molecular weight is 249 g/mol. The third kappa shape index (κ3) is 3.72. The maximum atomic E-state index is 10.0. The molecule has 1 aromatic rings. The highest BCUT2D eigenvalue weighted by Gasteiger charge is 2.23. The molecule has 18 heavy (non-hydrogen) atoms. The Morgan fingerprint density at radius 1 is 1.28 bits per heavy atom. The number of benzene rings is 1. The van der Waals surface area contributed by atoms with Gasteiger partial charge in [-0.2, -0.15) is 0 Å². The lowest BCUT2D eigenvalue weighted by Gasteiger charge is -2.22. The van der Waals surface area contributed by atoms with Crippen LogP contribution in [0.4, 0.5) is 0 Å². The van der Waals surface area contributed by atoms with Crippen LogP contribution in [-0.4, -0.2) is 24.4 Å². The van der Waals surface area contributed by atoms with E-state index >= 15 is 0 Å². The van der Waals surface area contributed by atoms with Crippen LogP contribution in [0.3, 0.4) is 0 Å². The van der Waals surface area contributed by atoms with Crippen molar-refractivity contribution >= 4 is 0 Å². The molecule has 2 unspecified atom stereocenters. The van der Waals surface area contributed by atoms with Crippen molar-refractivity contribution in [2.75, 3.05) is 7.05 Å². The normalized spacial score (nSPS) is 24.6. The summed E-state index contributed by atoms with van der Waals surface area (Å²) in [5.74, 6) is 0.869. The fourth-order valence-electron chi connectivity index (χ4n) is 2.50. The van der Waals surface area contributed by atoms with Crippen LogP contribution in [-0.2, 0) is 6.54 Å². The molecule has 0 spiro atoms. The number of ether oxygens (including phenoxy) is 1. The second-order valence-electron chi connectivity index (χ2n) is 5.04. The topological polar surface area (TPSA) is 41.5 Å². The van der Waals surface area contributed by atoms with E-state index in [-0.39, 0.29) is 12.2 Å². The Hall–Kier alpha value is -1.06. The minimum atomic E-state index is -0.319. The van der Waals surface area contributed by atoms with Crippen LogP contribution in [0, 0.1) is 0 Å². The van der Waals surface area contributed by atoms with Crippen molar-refractivity contribution in [3.63, 3.8) is 0 Å². The van der Waals surface area contributed by atoms with Gasteiger partial charge < -0.3 is 15.2 Å². The Morgan fingerprint density at radius 2 is 2.11 bits per heavy atom. The molecule has 0 aliphatic heterocycles. The first kappa shape index (κ1) is 13.4. The Kier molecular flexibility index (Phi) is 5.02. The lowest BCUT2D eigenvalue weighted by atomic mass is 10.1. The number of rotatable bonds is 4. The molecule has 1 saturated carbocycles. The summed E-state index contributed by atoms with van der Waals surface area (Å²) in [5.41, 5.74) is 1.21. The van der Waals surface area contributed by atoms with Crippen LogP contribution >= 0.6 is 0 Å². The smallest absolute Gasteiger partial charge is 0.124 e. The van der Waals surface area contributed by atoms with Gasteiger partial charge in [-0.1, -0.05) is 25.0 Å². The van der Waals surface area contributed by atoms with E-state index in [1.807, 2.05) is 25.2 Å². The Bertz CT molecular complexity index is 367. The number of hydrogen-bond donors (Lipinski definition) is 2. The molecule has 0 amide bonds. The van der Waals surface area contributed by atoms with E-state index in [2.05, 4.69) is 11.4 Å². The van der Waals surface area contributed by atoms with Gasteiger partial charge in [-0.05, 0) is 44.0 Å². The highest BCUT2D eigenvalue weighted by molar-refractivity contribution is 5.28. The molecule has 1 aromatic carbocycles. The molecule has 0 heterocycles. The maximum Gasteiger partial charge on any atom is 0.124 e. The lowest BCUT2D eigenvalue weighted by Crippen LogP contribution is -2.30.